The molecule has 1 heterocycles. The molecular weight excluding hydrogens is 130 g/mol. The van der Waals surface area contributed by atoms with Crippen LogP contribution in [0.5, 0.6) is 0 Å². The molecule has 10 heavy (non-hydrogen) atoms. The summed E-state index contributed by atoms with van der Waals surface area (Å²) in [5.41, 5.74) is 0. The van der Waals surface area contributed by atoms with Gasteiger partial charge < -0.3 is 9.64 Å². The van der Waals surface area contributed by atoms with Gasteiger partial charge in [0.1, 0.15) is 0 Å². The fourth-order valence-electron chi connectivity index (χ4n) is 0.856. The molecule has 1 aliphatic rings. The first-order chi connectivity index (χ1) is 4.83. The van der Waals surface area contributed by atoms with Crippen LogP contribution in [0.1, 0.15) is 12.8 Å². The fourth-order valence-corrected chi connectivity index (χ4v) is 0.856. The van der Waals surface area contributed by atoms with E-state index in [1.165, 1.54) is 0 Å². The van der Waals surface area contributed by atoms with Gasteiger partial charge in [-0.15, -0.1) is 0 Å². The lowest BCUT2D eigenvalue weighted by Crippen LogP contribution is -2.17. The van der Waals surface area contributed by atoms with Crippen LogP contribution in [0, 0.1) is 0 Å². The molecule has 0 aromatic heterocycles. The van der Waals surface area contributed by atoms with Crippen LogP contribution in [-0.4, -0.2) is 37.6 Å². The van der Waals surface area contributed by atoms with Gasteiger partial charge in [-0.2, -0.15) is 0 Å². The Balaban J connectivity index is 1.88. The van der Waals surface area contributed by atoms with Gasteiger partial charge in [0.25, 0.3) is 0 Å². The van der Waals surface area contributed by atoms with Gasteiger partial charge in [0, 0.05) is 13.6 Å². The molecule has 0 bridgehead atoms. The number of rotatable bonds is 5. The first kappa shape index (κ1) is 7.54. The molecule has 0 saturated carbocycles. The van der Waals surface area contributed by atoms with Gasteiger partial charge in [-0.05, 0) is 12.8 Å². The zero-order valence-electron chi connectivity index (χ0n) is 6.25. The van der Waals surface area contributed by atoms with Crippen LogP contribution in [-0.2, 0) is 9.53 Å². The van der Waals surface area contributed by atoms with Crippen molar-refractivity contribution >= 4 is 6.41 Å². The fraction of sp³-hybridized carbons (Fsp3) is 0.857. The van der Waals surface area contributed by atoms with Crippen molar-refractivity contribution in [1.29, 1.82) is 0 Å². The highest BCUT2D eigenvalue weighted by atomic mass is 16.6. The Kier molecular flexibility index (Phi) is 2.68. The molecule has 1 aliphatic heterocycles. The second kappa shape index (κ2) is 3.56. The summed E-state index contributed by atoms with van der Waals surface area (Å²) in [7, 11) is 1.79. The maximum Gasteiger partial charge on any atom is 0.209 e. The van der Waals surface area contributed by atoms with E-state index in [4.69, 9.17) is 4.74 Å². The van der Waals surface area contributed by atoms with Crippen LogP contribution in [0.4, 0.5) is 0 Å². The molecule has 0 spiro atoms. The summed E-state index contributed by atoms with van der Waals surface area (Å²) in [5, 5.41) is 0. The van der Waals surface area contributed by atoms with Crippen LogP contribution >= 0.6 is 0 Å². The monoisotopic (exact) mass is 143 g/mol. The van der Waals surface area contributed by atoms with Gasteiger partial charge in [-0.25, -0.2) is 0 Å². The molecule has 0 N–H and O–H groups in total. The number of nitrogens with zero attached hydrogens (tertiary/aromatic N) is 1. The van der Waals surface area contributed by atoms with Crippen LogP contribution in [0.3, 0.4) is 0 Å². The number of hydrogen-bond acceptors (Lipinski definition) is 2. The number of amides is 1. The van der Waals surface area contributed by atoms with E-state index < -0.39 is 0 Å². The number of hydrogen-bond donors (Lipinski definition) is 0. The van der Waals surface area contributed by atoms with E-state index in [1.807, 2.05) is 0 Å². The van der Waals surface area contributed by atoms with Crippen molar-refractivity contribution < 1.29 is 9.53 Å². The third-order valence-electron chi connectivity index (χ3n) is 1.62. The zero-order chi connectivity index (χ0) is 7.40. The van der Waals surface area contributed by atoms with Gasteiger partial charge in [0.15, 0.2) is 0 Å². The highest BCUT2D eigenvalue weighted by Crippen LogP contribution is 2.14. The van der Waals surface area contributed by atoms with Crippen molar-refractivity contribution in [3.05, 3.63) is 0 Å². The van der Waals surface area contributed by atoms with Crippen molar-refractivity contribution in [3.63, 3.8) is 0 Å². The largest absolute Gasteiger partial charge is 0.373 e. The Morgan fingerprint density at radius 3 is 3.00 bits per heavy atom. The Hall–Kier alpha value is -0.570. The predicted octanol–water partition coefficient (Wildman–Crippen LogP) is 0.254. The van der Waals surface area contributed by atoms with E-state index in [0.717, 1.165) is 32.4 Å². The highest BCUT2D eigenvalue weighted by Gasteiger charge is 2.21. The average Bonchev–Trinajstić information content (AvgIpc) is 2.71. The van der Waals surface area contributed by atoms with Crippen LogP contribution < -0.4 is 0 Å². The molecule has 3 nitrogen and oxygen atoms in total. The normalized spacial score (nSPS) is 22.3. The molecule has 0 aromatic rings. The molecule has 58 valence electrons. The zero-order valence-corrected chi connectivity index (χ0v) is 6.25. The Bertz CT molecular complexity index is 112. The topological polar surface area (TPSA) is 32.8 Å². The van der Waals surface area contributed by atoms with Gasteiger partial charge in [0.05, 0.1) is 12.7 Å². The van der Waals surface area contributed by atoms with E-state index in [1.54, 1.807) is 11.9 Å². The molecule has 0 aromatic carbocycles. The smallest absolute Gasteiger partial charge is 0.209 e. The first-order valence-electron chi connectivity index (χ1n) is 3.60. The third-order valence-corrected chi connectivity index (χ3v) is 1.62. The molecule has 1 unspecified atom stereocenters. The SMILES string of the molecule is CN(C=O)CCCC1CO1. The molecule has 1 rings (SSSR count). The summed E-state index contributed by atoms with van der Waals surface area (Å²) in [6, 6.07) is 0. The highest BCUT2D eigenvalue weighted by molar-refractivity contribution is 5.46. The van der Waals surface area contributed by atoms with E-state index in [-0.39, 0.29) is 0 Å². The third kappa shape index (κ3) is 2.82. The maximum atomic E-state index is 10.1. The summed E-state index contributed by atoms with van der Waals surface area (Å²) in [6.45, 7) is 1.77. The van der Waals surface area contributed by atoms with Gasteiger partial charge >= 0.3 is 0 Å². The van der Waals surface area contributed by atoms with Crippen molar-refractivity contribution in [3.8, 4) is 0 Å². The van der Waals surface area contributed by atoms with E-state index in [9.17, 15) is 4.79 Å². The van der Waals surface area contributed by atoms with Gasteiger partial charge in [-0.1, -0.05) is 0 Å². The predicted molar refractivity (Wildman–Crippen MR) is 37.7 cm³/mol. The summed E-state index contributed by atoms with van der Waals surface area (Å²) in [5.74, 6) is 0. The molecule has 1 fully saturated rings. The van der Waals surface area contributed by atoms with Crippen molar-refractivity contribution in [2.75, 3.05) is 20.2 Å². The number of carbonyl (C=O) groups excluding carboxylic acids is 1. The summed E-state index contributed by atoms with van der Waals surface area (Å²) in [6.07, 6.45) is 3.51. The molecular formula is C7H13NO2. The minimum atomic E-state index is 0.500. The standard InChI is InChI=1S/C7H13NO2/c1-8(6-9)4-2-3-7-5-10-7/h6-7H,2-5H2,1H3. The lowest BCUT2D eigenvalue weighted by Gasteiger charge is -2.07. The quantitative estimate of drug-likeness (QED) is 0.408. The van der Waals surface area contributed by atoms with Crippen molar-refractivity contribution in [2.24, 2.45) is 0 Å². The van der Waals surface area contributed by atoms with Crippen LogP contribution in [0.2, 0.25) is 0 Å². The van der Waals surface area contributed by atoms with Crippen molar-refractivity contribution in [2.45, 2.75) is 18.9 Å². The Morgan fingerprint density at radius 2 is 2.50 bits per heavy atom. The van der Waals surface area contributed by atoms with Crippen molar-refractivity contribution in [1.82, 2.24) is 4.90 Å². The lowest BCUT2D eigenvalue weighted by molar-refractivity contribution is -0.117. The molecule has 0 radical (unpaired) electrons. The number of epoxide rings is 1. The number of carbonyl (C=O) groups is 1. The molecule has 0 aliphatic carbocycles. The molecule has 1 amide bonds. The maximum absolute atomic E-state index is 10.1. The molecule has 1 saturated heterocycles. The second-order valence-electron chi connectivity index (χ2n) is 2.68. The Morgan fingerprint density at radius 1 is 1.80 bits per heavy atom. The van der Waals surface area contributed by atoms with Gasteiger partial charge in [0.2, 0.25) is 6.41 Å². The molecule has 3 heteroatoms. The van der Waals surface area contributed by atoms with Crippen LogP contribution in [0.15, 0.2) is 0 Å². The van der Waals surface area contributed by atoms with E-state index in [0.29, 0.717) is 6.10 Å². The number of ether oxygens (including phenoxy) is 1. The van der Waals surface area contributed by atoms with Crippen LogP contribution in [0.25, 0.3) is 0 Å². The van der Waals surface area contributed by atoms with E-state index in [2.05, 4.69) is 0 Å². The van der Waals surface area contributed by atoms with Gasteiger partial charge in [-0.3, -0.25) is 4.79 Å². The minimum Gasteiger partial charge on any atom is -0.373 e. The lowest BCUT2D eigenvalue weighted by atomic mass is 10.2. The summed E-state index contributed by atoms with van der Waals surface area (Å²) >= 11 is 0. The molecule has 1 atom stereocenters. The first-order valence-corrected chi connectivity index (χ1v) is 3.60. The summed E-state index contributed by atoms with van der Waals surface area (Å²) < 4.78 is 5.02. The Labute approximate surface area is 61.0 Å². The second-order valence-corrected chi connectivity index (χ2v) is 2.68. The average molecular weight is 143 g/mol. The minimum absolute atomic E-state index is 0.500. The van der Waals surface area contributed by atoms with E-state index >= 15 is 0 Å². The summed E-state index contributed by atoms with van der Waals surface area (Å²) in [4.78, 5) is 11.7.